The first-order chi connectivity index (χ1) is 36.7. The van der Waals surface area contributed by atoms with Gasteiger partial charge in [0.05, 0.1) is 37.8 Å². The largest absolute Gasteiger partial charge is 0.481 e. The molecule has 4 aliphatic carbocycles. The topological polar surface area (TPSA) is 416 Å². The van der Waals surface area contributed by atoms with Crippen molar-refractivity contribution in [2.45, 2.75) is 216 Å². The van der Waals surface area contributed by atoms with Crippen LogP contribution in [0.15, 0.2) is 23.8 Å². The Balaban J connectivity index is 1.18. The molecule has 7 rings (SSSR count). The van der Waals surface area contributed by atoms with Gasteiger partial charge in [-0.15, -0.1) is 0 Å². The predicted octanol–water partition coefficient (Wildman–Crippen LogP) is -1.49. The third-order valence-corrected chi connectivity index (χ3v) is 19.5. The van der Waals surface area contributed by atoms with E-state index < -0.39 is 194 Å². The van der Waals surface area contributed by atoms with Gasteiger partial charge < -0.3 is 105 Å². The summed E-state index contributed by atoms with van der Waals surface area (Å²) in [4.78, 5) is 51.6. The van der Waals surface area contributed by atoms with E-state index in [4.69, 9.17) is 38.3 Å². The minimum atomic E-state index is -2.16. The number of carboxylic acids is 2. The molecule has 0 radical (unpaired) electrons. The molecule has 450 valence electrons. The van der Waals surface area contributed by atoms with E-state index in [1.54, 1.807) is 0 Å². The first-order valence-corrected chi connectivity index (χ1v) is 27.3. The number of carbonyl (C=O) groups is 4. The predicted molar refractivity (Wildman–Crippen MR) is 267 cm³/mol. The van der Waals surface area contributed by atoms with Crippen molar-refractivity contribution in [2.24, 2.45) is 44.8 Å². The van der Waals surface area contributed by atoms with Crippen molar-refractivity contribution in [3.63, 3.8) is 0 Å². The maximum absolute atomic E-state index is 15.5. The lowest BCUT2D eigenvalue weighted by molar-refractivity contribution is -0.363. The molecular weight excluding hydrogens is 1050 g/mol. The Hall–Kier alpha value is -3.32. The van der Waals surface area contributed by atoms with Gasteiger partial charge in [-0.05, 0) is 104 Å². The molecule has 0 spiro atoms. The van der Waals surface area contributed by atoms with Gasteiger partial charge in [0.2, 0.25) is 6.29 Å². The van der Waals surface area contributed by atoms with E-state index in [0.29, 0.717) is 44.9 Å². The fourth-order valence-electron chi connectivity index (χ4n) is 14.8. The highest BCUT2D eigenvalue weighted by Gasteiger charge is 2.71. The molecule has 79 heavy (non-hydrogen) atoms. The second-order valence-electron chi connectivity index (χ2n) is 25.1. The van der Waals surface area contributed by atoms with Gasteiger partial charge in [0.15, 0.2) is 12.6 Å². The number of aliphatic hydroxyl groups excluding tert-OH is 11. The second-order valence-corrected chi connectivity index (χ2v) is 25.1. The van der Waals surface area contributed by atoms with Crippen LogP contribution in [0, 0.1) is 44.8 Å². The fraction of sp³-hybridized carbons (Fsp3) is 0.852. The van der Waals surface area contributed by atoms with E-state index in [-0.39, 0.29) is 36.4 Å². The van der Waals surface area contributed by atoms with Gasteiger partial charge in [0, 0.05) is 12.2 Å². The lowest BCUT2D eigenvalue weighted by Gasteiger charge is -2.69. The lowest BCUT2D eigenvalue weighted by Crippen LogP contribution is -2.67. The van der Waals surface area contributed by atoms with Crippen molar-refractivity contribution in [3.8, 4) is 0 Å². The van der Waals surface area contributed by atoms with Crippen LogP contribution in [-0.2, 0) is 52.3 Å². The van der Waals surface area contributed by atoms with E-state index >= 15 is 4.79 Å². The number of esters is 2. The van der Waals surface area contributed by atoms with Crippen LogP contribution in [0.3, 0.4) is 0 Å². The zero-order chi connectivity index (χ0) is 58.7. The summed E-state index contributed by atoms with van der Waals surface area (Å²) in [6.45, 7) is 12.9. The molecule has 25 nitrogen and oxygen atoms in total. The fourth-order valence-corrected chi connectivity index (χ4v) is 14.8. The summed E-state index contributed by atoms with van der Waals surface area (Å²) in [6.07, 6.45) is -26.2. The first-order valence-electron chi connectivity index (χ1n) is 27.3. The van der Waals surface area contributed by atoms with Crippen LogP contribution in [0.5, 0.6) is 0 Å². The van der Waals surface area contributed by atoms with Crippen molar-refractivity contribution in [1.29, 1.82) is 0 Å². The number of allylic oxidation sites excluding steroid dienone is 2. The summed E-state index contributed by atoms with van der Waals surface area (Å²) < 4.78 is 40.3. The Morgan fingerprint density at radius 2 is 1.34 bits per heavy atom. The third kappa shape index (κ3) is 11.8. The SMILES string of the molecule is C=C(C(=O)O)C1CCC2(C)C(CC=C3C4CC(C)(C)CCC4(C(=O)OC4OC(COC5OC(COC(=O)CC(C)(O)CC(=O)O)C(O)C(O)C5O)C(O)C(OC5OC(CO)C(O)C(O)C5O)C4O)C(O)CC32C)C1(C)CCCO. The van der Waals surface area contributed by atoms with Gasteiger partial charge in [-0.25, -0.2) is 4.79 Å². The molecule has 3 saturated heterocycles. The van der Waals surface area contributed by atoms with Crippen LogP contribution >= 0.6 is 0 Å². The quantitative estimate of drug-likeness (QED) is 0.0398. The highest BCUT2D eigenvalue weighted by molar-refractivity contribution is 5.86. The van der Waals surface area contributed by atoms with E-state index in [1.807, 2.05) is 0 Å². The van der Waals surface area contributed by atoms with Crippen molar-refractivity contribution < 1.29 is 124 Å². The average molecular weight is 1130 g/mol. The van der Waals surface area contributed by atoms with Gasteiger partial charge in [-0.3, -0.25) is 14.4 Å². The number of fused-ring (bicyclic) bond motifs is 5. The Labute approximate surface area is 457 Å². The number of aliphatic hydroxyl groups is 12. The molecule has 14 N–H and O–H groups in total. The Morgan fingerprint density at radius 3 is 1.96 bits per heavy atom. The summed E-state index contributed by atoms with van der Waals surface area (Å²) in [5.74, 6) is -5.77. The average Bonchev–Trinajstić information content (AvgIpc) is 1.76. The van der Waals surface area contributed by atoms with Gasteiger partial charge >= 0.3 is 23.9 Å². The lowest BCUT2D eigenvalue weighted by atomic mass is 9.35. The maximum Gasteiger partial charge on any atom is 0.331 e. The Morgan fingerprint density at radius 1 is 0.734 bits per heavy atom. The number of hydrogen-bond acceptors (Lipinski definition) is 23. The van der Waals surface area contributed by atoms with Gasteiger partial charge in [0.25, 0.3) is 0 Å². The van der Waals surface area contributed by atoms with E-state index in [2.05, 4.69) is 47.3 Å². The maximum atomic E-state index is 15.5. The number of rotatable bonds is 19. The molecule has 0 aromatic rings. The number of aliphatic carboxylic acids is 2. The minimum Gasteiger partial charge on any atom is -0.481 e. The van der Waals surface area contributed by atoms with Gasteiger partial charge in [0.1, 0.15) is 85.3 Å². The molecule has 3 aliphatic heterocycles. The molecular formula is C54H84O25. The summed E-state index contributed by atoms with van der Waals surface area (Å²) in [5.41, 5.74) is -4.97. The van der Waals surface area contributed by atoms with Crippen molar-refractivity contribution in [1.82, 2.24) is 0 Å². The van der Waals surface area contributed by atoms with Crippen molar-refractivity contribution in [3.05, 3.63) is 23.8 Å². The normalized spacial score (nSPS) is 45.5. The second kappa shape index (κ2) is 23.7. The number of carbonyl (C=O) groups excluding carboxylic acids is 2. The summed E-state index contributed by atoms with van der Waals surface area (Å²) in [7, 11) is 0. The Bertz CT molecular complexity index is 2260. The molecule has 0 amide bonds. The van der Waals surface area contributed by atoms with E-state index in [9.17, 15) is 80.8 Å². The minimum absolute atomic E-state index is 0.0700. The molecule has 3 saturated carbocycles. The van der Waals surface area contributed by atoms with Crippen LogP contribution in [0.25, 0.3) is 0 Å². The molecule has 6 fully saturated rings. The molecule has 0 aromatic heterocycles. The number of hydrogen-bond donors (Lipinski definition) is 14. The first kappa shape index (κ1) is 63.3. The zero-order valence-electron chi connectivity index (χ0n) is 45.6. The molecule has 24 unspecified atom stereocenters. The van der Waals surface area contributed by atoms with Gasteiger partial charge in [-0.2, -0.15) is 0 Å². The molecule has 0 aromatic carbocycles. The zero-order valence-corrected chi connectivity index (χ0v) is 45.6. The monoisotopic (exact) mass is 1130 g/mol. The van der Waals surface area contributed by atoms with Crippen LogP contribution in [0.1, 0.15) is 112 Å². The summed E-state index contributed by atoms with van der Waals surface area (Å²) in [6, 6.07) is 0. The van der Waals surface area contributed by atoms with Crippen LogP contribution in [-0.4, -0.2) is 226 Å². The standard InChI is InChI=1S/C54H84O25/c1-24(44(69)70)25-11-13-52(6)31(51(25,5)12-8-16-55)10-9-26-27-17-49(2,3)14-15-54(27,32(57)18-53(26,52)7)48(71)79-47-42(68)43(78-46-41(67)38(64)35(61)28(21-56)75-46)37(63)30(77-47)23-74-45-40(66)39(65)36(62)29(76-45)22-73-34(60)20-50(4,72)19-33(58)59/h9,25,27-32,35-43,45-47,55-57,61-68,72H,1,8,10-23H2,2-7H3,(H,58,59)(H,69,70). The smallest absolute Gasteiger partial charge is 0.331 e. The van der Waals surface area contributed by atoms with Crippen molar-refractivity contribution in [2.75, 3.05) is 26.4 Å². The molecule has 3 heterocycles. The highest BCUT2D eigenvalue weighted by atomic mass is 16.8. The van der Waals surface area contributed by atoms with E-state index in [0.717, 1.165) is 12.5 Å². The van der Waals surface area contributed by atoms with Crippen molar-refractivity contribution >= 4 is 23.9 Å². The molecule has 25 heteroatoms. The summed E-state index contributed by atoms with van der Waals surface area (Å²) >= 11 is 0. The third-order valence-electron chi connectivity index (χ3n) is 19.5. The van der Waals surface area contributed by atoms with Crippen LogP contribution in [0.2, 0.25) is 0 Å². The Kier molecular flexibility index (Phi) is 19.0. The molecule has 24 atom stereocenters. The van der Waals surface area contributed by atoms with E-state index in [1.165, 1.54) is 0 Å². The number of ether oxygens (including phenoxy) is 7. The van der Waals surface area contributed by atoms with Gasteiger partial charge in [-0.1, -0.05) is 52.8 Å². The van der Waals surface area contributed by atoms with Crippen LogP contribution < -0.4 is 0 Å². The molecule has 0 bridgehead atoms. The van der Waals surface area contributed by atoms with Crippen LogP contribution in [0.4, 0.5) is 0 Å². The highest BCUT2D eigenvalue weighted by Crippen LogP contribution is 2.74. The molecule has 7 aliphatic rings. The summed E-state index contributed by atoms with van der Waals surface area (Å²) in [5, 5.41) is 151. The number of carboxylic acid groups (broad SMARTS) is 2.